The number of allylic oxidation sites excluding steroid dienone is 1. The standard InChI is InChI=1S/C11H17FO3/c1-3-4-5-7-11(12,9(2)13)8-6-10(14)15/h6,8H,3-5,7H2,1-2H3,(H,14,15). The van der Waals surface area contributed by atoms with Gasteiger partial charge in [-0.2, -0.15) is 0 Å². The normalized spacial score (nSPS) is 15.1. The van der Waals surface area contributed by atoms with Crippen LogP contribution in [0.2, 0.25) is 0 Å². The second-order valence-corrected chi connectivity index (χ2v) is 3.55. The molecule has 1 unspecified atom stereocenters. The van der Waals surface area contributed by atoms with Crippen molar-refractivity contribution in [2.75, 3.05) is 0 Å². The molecule has 0 bridgehead atoms. The predicted octanol–water partition coefficient (Wildman–Crippen LogP) is 2.50. The number of carboxylic acid groups (broad SMARTS) is 1. The molecule has 0 aliphatic carbocycles. The Balaban J connectivity index is 4.45. The number of halogens is 1. The summed E-state index contributed by atoms with van der Waals surface area (Å²) >= 11 is 0. The Morgan fingerprint density at radius 1 is 1.40 bits per heavy atom. The third kappa shape index (κ3) is 5.30. The van der Waals surface area contributed by atoms with Crippen LogP contribution in [-0.4, -0.2) is 22.5 Å². The van der Waals surface area contributed by atoms with Crippen molar-refractivity contribution in [3.8, 4) is 0 Å². The molecule has 0 aromatic heterocycles. The van der Waals surface area contributed by atoms with Crippen LogP contribution >= 0.6 is 0 Å². The molecular formula is C11H17FO3. The van der Waals surface area contributed by atoms with Gasteiger partial charge in [-0.3, -0.25) is 4.79 Å². The van der Waals surface area contributed by atoms with Crippen LogP contribution in [0.1, 0.15) is 39.5 Å². The van der Waals surface area contributed by atoms with E-state index in [1.54, 1.807) is 0 Å². The van der Waals surface area contributed by atoms with Gasteiger partial charge >= 0.3 is 5.97 Å². The predicted molar refractivity (Wildman–Crippen MR) is 55.4 cm³/mol. The van der Waals surface area contributed by atoms with E-state index in [9.17, 15) is 14.0 Å². The average Bonchev–Trinajstić information content (AvgIpc) is 2.15. The van der Waals surface area contributed by atoms with Crippen molar-refractivity contribution in [2.24, 2.45) is 0 Å². The fourth-order valence-corrected chi connectivity index (χ4v) is 1.21. The number of carbonyl (C=O) groups is 2. The number of carbonyl (C=O) groups excluding carboxylic acids is 1. The lowest BCUT2D eigenvalue weighted by molar-refractivity contribution is -0.131. The Hall–Kier alpha value is -1.19. The first kappa shape index (κ1) is 13.8. The Kier molecular flexibility index (Phi) is 5.82. The summed E-state index contributed by atoms with van der Waals surface area (Å²) in [5.74, 6) is -1.88. The maximum atomic E-state index is 13.9. The first-order valence-electron chi connectivity index (χ1n) is 5.04. The summed E-state index contributed by atoms with van der Waals surface area (Å²) in [6.45, 7) is 3.11. The van der Waals surface area contributed by atoms with E-state index in [0.29, 0.717) is 12.5 Å². The van der Waals surface area contributed by atoms with E-state index in [4.69, 9.17) is 5.11 Å². The molecule has 0 saturated carbocycles. The topological polar surface area (TPSA) is 54.4 Å². The lowest BCUT2D eigenvalue weighted by Gasteiger charge is -2.17. The highest BCUT2D eigenvalue weighted by atomic mass is 19.1. The monoisotopic (exact) mass is 216 g/mol. The highest BCUT2D eigenvalue weighted by molar-refractivity contribution is 5.89. The molecule has 0 spiro atoms. The number of hydrogen-bond donors (Lipinski definition) is 1. The molecule has 0 rings (SSSR count). The van der Waals surface area contributed by atoms with E-state index in [1.807, 2.05) is 6.92 Å². The number of Topliss-reactive ketones (excluding diaryl/α,β-unsaturated/α-hetero) is 1. The van der Waals surface area contributed by atoms with Gasteiger partial charge in [-0.05, 0) is 25.8 Å². The number of carboxylic acids is 1. The lowest BCUT2D eigenvalue weighted by Crippen LogP contribution is -2.29. The summed E-state index contributed by atoms with van der Waals surface area (Å²) in [5.41, 5.74) is -2.12. The second kappa shape index (κ2) is 6.32. The number of rotatable bonds is 7. The summed E-state index contributed by atoms with van der Waals surface area (Å²) < 4.78 is 13.9. The Bertz CT molecular complexity index is 261. The van der Waals surface area contributed by atoms with Gasteiger partial charge in [-0.25, -0.2) is 9.18 Å². The minimum absolute atomic E-state index is 0.0555. The lowest BCUT2D eigenvalue weighted by atomic mass is 9.93. The molecule has 4 heteroatoms. The smallest absolute Gasteiger partial charge is 0.328 e. The summed E-state index contributed by atoms with van der Waals surface area (Å²) in [6, 6.07) is 0. The second-order valence-electron chi connectivity index (χ2n) is 3.55. The van der Waals surface area contributed by atoms with E-state index in [0.717, 1.165) is 25.8 Å². The van der Waals surface area contributed by atoms with Crippen LogP contribution < -0.4 is 0 Å². The molecule has 0 aromatic carbocycles. The molecule has 1 N–H and O–H groups in total. The van der Waals surface area contributed by atoms with Crippen LogP contribution in [0.3, 0.4) is 0 Å². The van der Waals surface area contributed by atoms with Crippen molar-refractivity contribution in [3.63, 3.8) is 0 Å². The zero-order valence-corrected chi connectivity index (χ0v) is 9.12. The molecule has 0 heterocycles. The van der Waals surface area contributed by atoms with Crippen molar-refractivity contribution < 1.29 is 19.1 Å². The zero-order valence-electron chi connectivity index (χ0n) is 9.12. The summed E-state index contributed by atoms with van der Waals surface area (Å²) in [6.07, 6.45) is 3.92. The molecule has 3 nitrogen and oxygen atoms in total. The summed E-state index contributed by atoms with van der Waals surface area (Å²) in [7, 11) is 0. The molecule has 0 saturated heterocycles. The first-order valence-corrected chi connectivity index (χ1v) is 5.04. The molecule has 15 heavy (non-hydrogen) atoms. The maximum absolute atomic E-state index is 13.9. The summed E-state index contributed by atoms with van der Waals surface area (Å²) in [4.78, 5) is 21.3. The Morgan fingerprint density at radius 3 is 2.40 bits per heavy atom. The molecule has 0 aliphatic heterocycles. The fourth-order valence-electron chi connectivity index (χ4n) is 1.21. The van der Waals surface area contributed by atoms with E-state index in [2.05, 4.69) is 0 Å². The molecule has 0 amide bonds. The number of aliphatic carboxylic acids is 1. The highest BCUT2D eigenvalue weighted by Crippen LogP contribution is 2.23. The van der Waals surface area contributed by atoms with Gasteiger partial charge < -0.3 is 5.11 Å². The van der Waals surface area contributed by atoms with Gasteiger partial charge in [0, 0.05) is 6.08 Å². The average molecular weight is 216 g/mol. The van der Waals surface area contributed by atoms with Crippen LogP contribution in [0, 0.1) is 0 Å². The molecule has 1 atom stereocenters. The van der Waals surface area contributed by atoms with Crippen molar-refractivity contribution in [2.45, 2.75) is 45.2 Å². The molecule has 0 aromatic rings. The van der Waals surface area contributed by atoms with Crippen LogP contribution in [-0.2, 0) is 9.59 Å². The van der Waals surface area contributed by atoms with Crippen molar-refractivity contribution in [3.05, 3.63) is 12.2 Å². The SMILES string of the molecule is CCCCCC(F)(C=CC(=O)O)C(C)=O. The fraction of sp³-hybridized carbons (Fsp3) is 0.636. The molecule has 86 valence electrons. The van der Waals surface area contributed by atoms with Crippen LogP contribution in [0.15, 0.2) is 12.2 Å². The van der Waals surface area contributed by atoms with E-state index < -0.39 is 17.4 Å². The quantitative estimate of drug-likeness (QED) is 0.525. The van der Waals surface area contributed by atoms with E-state index >= 15 is 0 Å². The van der Waals surface area contributed by atoms with Gasteiger partial charge in [0.15, 0.2) is 11.5 Å². The van der Waals surface area contributed by atoms with E-state index in [1.165, 1.54) is 0 Å². The van der Waals surface area contributed by atoms with Gasteiger partial charge in [-0.1, -0.05) is 19.8 Å². The van der Waals surface area contributed by atoms with Gasteiger partial charge in [-0.15, -0.1) is 0 Å². The zero-order chi connectivity index (χ0) is 11.9. The number of ketones is 1. The van der Waals surface area contributed by atoms with Crippen LogP contribution in [0.5, 0.6) is 0 Å². The maximum Gasteiger partial charge on any atom is 0.328 e. The number of hydrogen-bond acceptors (Lipinski definition) is 2. The molecule has 0 radical (unpaired) electrons. The largest absolute Gasteiger partial charge is 0.478 e. The van der Waals surface area contributed by atoms with Gasteiger partial charge in [0.05, 0.1) is 0 Å². The summed E-state index contributed by atoms with van der Waals surface area (Å²) in [5, 5.41) is 8.37. The van der Waals surface area contributed by atoms with Crippen molar-refractivity contribution >= 4 is 11.8 Å². The molecular weight excluding hydrogens is 199 g/mol. The van der Waals surface area contributed by atoms with Gasteiger partial charge in [0.1, 0.15) is 0 Å². The first-order chi connectivity index (χ1) is 6.92. The van der Waals surface area contributed by atoms with Crippen LogP contribution in [0.25, 0.3) is 0 Å². The third-order valence-corrected chi connectivity index (χ3v) is 2.22. The van der Waals surface area contributed by atoms with E-state index in [-0.39, 0.29) is 6.42 Å². The molecule has 0 fully saturated rings. The highest BCUT2D eigenvalue weighted by Gasteiger charge is 2.31. The Labute approximate surface area is 89.0 Å². The number of unbranched alkanes of at least 4 members (excludes halogenated alkanes) is 2. The Morgan fingerprint density at radius 2 is 2.00 bits per heavy atom. The van der Waals surface area contributed by atoms with Crippen molar-refractivity contribution in [1.29, 1.82) is 0 Å². The molecule has 0 aliphatic rings. The third-order valence-electron chi connectivity index (χ3n) is 2.22. The number of alkyl halides is 1. The minimum Gasteiger partial charge on any atom is -0.478 e. The van der Waals surface area contributed by atoms with Gasteiger partial charge in [0.2, 0.25) is 0 Å². The van der Waals surface area contributed by atoms with Crippen LogP contribution in [0.4, 0.5) is 4.39 Å². The van der Waals surface area contributed by atoms with Gasteiger partial charge in [0.25, 0.3) is 0 Å². The minimum atomic E-state index is -2.12. The van der Waals surface area contributed by atoms with Crippen molar-refractivity contribution in [1.82, 2.24) is 0 Å².